The van der Waals surface area contributed by atoms with Gasteiger partial charge >= 0.3 is 7.60 Å². The van der Waals surface area contributed by atoms with Gasteiger partial charge in [0, 0.05) is 13.8 Å². The van der Waals surface area contributed by atoms with Crippen molar-refractivity contribution in [2.24, 2.45) is 11.5 Å². The van der Waals surface area contributed by atoms with Crippen LogP contribution in [0.1, 0.15) is 0 Å². The van der Waals surface area contributed by atoms with Gasteiger partial charge in [-0.25, -0.2) is 0 Å². The Balaban J connectivity index is 4.14. The molecule has 0 fully saturated rings. The van der Waals surface area contributed by atoms with Crippen LogP contribution in [0.4, 0.5) is 0 Å². The van der Waals surface area contributed by atoms with E-state index in [2.05, 4.69) is 4.52 Å². The van der Waals surface area contributed by atoms with Gasteiger partial charge in [-0.1, -0.05) is 11.8 Å². The Morgan fingerprint density at radius 2 is 2.00 bits per heavy atom. The van der Waals surface area contributed by atoms with Crippen LogP contribution in [0.5, 0.6) is 0 Å². The topological polar surface area (TPSA) is 87.6 Å². The quantitative estimate of drug-likeness (QED) is 0.503. The van der Waals surface area contributed by atoms with Crippen LogP contribution in [0.15, 0.2) is 0 Å². The minimum atomic E-state index is -3.08. The summed E-state index contributed by atoms with van der Waals surface area (Å²) in [6, 6.07) is 0. The maximum atomic E-state index is 11.1. The predicted octanol–water partition coefficient (Wildman–Crippen LogP) is 0.364. The standard InChI is InChI=1S/C4H13N2O3PS/c1-8-10(2,7)9-4(5,6)11-3/h5-6H2,1-3H3. The molecule has 0 saturated heterocycles. The fourth-order valence-corrected chi connectivity index (χ4v) is 1.63. The molecule has 0 spiro atoms. The van der Waals surface area contributed by atoms with Crippen LogP contribution in [0, 0.1) is 0 Å². The average Bonchev–Trinajstić information content (AvgIpc) is 1.86. The monoisotopic (exact) mass is 200 g/mol. The third kappa shape index (κ3) is 4.79. The Bertz CT molecular complexity index is 175. The van der Waals surface area contributed by atoms with E-state index >= 15 is 0 Å². The van der Waals surface area contributed by atoms with E-state index in [9.17, 15) is 4.57 Å². The molecule has 0 radical (unpaired) electrons. The van der Waals surface area contributed by atoms with Gasteiger partial charge in [0.1, 0.15) is 0 Å². The van der Waals surface area contributed by atoms with Crippen LogP contribution in [-0.2, 0) is 13.6 Å². The Hall–Kier alpha value is 0.420. The van der Waals surface area contributed by atoms with E-state index < -0.39 is 12.8 Å². The van der Waals surface area contributed by atoms with Crippen LogP contribution in [0.3, 0.4) is 0 Å². The lowest BCUT2D eigenvalue weighted by molar-refractivity contribution is 0.147. The molecule has 5 nitrogen and oxygen atoms in total. The van der Waals surface area contributed by atoms with E-state index in [-0.39, 0.29) is 0 Å². The van der Waals surface area contributed by atoms with E-state index in [1.807, 2.05) is 0 Å². The Morgan fingerprint density at radius 1 is 1.55 bits per heavy atom. The molecule has 4 N–H and O–H groups in total. The fourth-order valence-electron chi connectivity index (χ4n) is 0.334. The van der Waals surface area contributed by atoms with Crippen molar-refractivity contribution >= 4 is 19.4 Å². The summed E-state index contributed by atoms with van der Waals surface area (Å²) >= 11 is 1.05. The summed E-state index contributed by atoms with van der Waals surface area (Å²) in [5.41, 5.74) is 10.7. The van der Waals surface area contributed by atoms with Gasteiger partial charge in [0.15, 0.2) is 0 Å². The molecule has 7 heteroatoms. The van der Waals surface area contributed by atoms with Gasteiger partial charge in [-0.15, -0.1) is 0 Å². The van der Waals surface area contributed by atoms with Crippen molar-refractivity contribution in [3.63, 3.8) is 0 Å². The normalized spacial score (nSPS) is 17.9. The van der Waals surface area contributed by atoms with Crippen LogP contribution in [0.2, 0.25) is 0 Å². The molecule has 0 aromatic heterocycles. The summed E-state index contributed by atoms with van der Waals surface area (Å²) in [7, 11) is -1.81. The van der Waals surface area contributed by atoms with Gasteiger partial charge in [-0.3, -0.25) is 20.6 Å². The second kappa shape index (κ2) is 3.89. The fraction of sp³-hybridized carbons (Fsp3) is 1.00. The molecule has 0 rings (SSSR count). The summed E-state index contributed by atoms with van der Waals surface area (Å²) in [5.74, 6) is 0. The molecule has 0 aromatic rings. The van der Waals surface area contributed by atoms with Crippen molar-refractivity contribution in [2.45, 2.75) is 5.18 Å². The molecule has 0 aromatic carbocycles. The second-order valence-corrected chi connectivity index (χ2v) is 5.11. The largest absolute Gasteiger partial charge is 0.330 e. The van der Waals surface area contributed by atoms with Gasteiger partial charge in [-0.05, 0) is 6.26 Å². The van der Waals surface area contributed by atoms with E-state index in [4.69, 9.17) is 16.0 Å². The summed E-state index contributed by atoms with van der Waals surface area (Å²) in [4.78, 5) is 0. The minimum Gasteiger partial charge on any atom is -0.312 e. The molecule has 11 heavy (non-hydrogen) atoms. The number of hydrogen-bond acceptors (Lipinski definition) is 6. The molecule has 0 bridgehead atoms. The Labute approximate surface area is 70.3 Å². The zero-order chi connectivity index (χ0) is 9.12. The second-order valence-electron chi connectivity index (χ2n) is 1.97. The average molecular weight is 200 g/mol. The molecular formula is C4H13N2O3PS. The number of thioether (sulfide) groups is 1. The lowest BCUT2D eigenvalue weighted by Crippen LogP contribution is -2.47. The number of rotatable bonds is 4. The predicted molar refractivity (Wildman–Crippen MR) is 46.2 cm³/mol. The van der Waals surface area contributed by atoms with Crippen LogP contribution in [-0.4, -0.2) is 25.2 Å². The first-order valence-electron chi connectivity index (χ1n) is 2.80. The Morgan fingerprint density at radius 3 is 2.27 bits per heavy atom. The lowest BCUT2D eigenvalue weighted by Gasteiger charge is -2.24. The number of nitrogens with two attached hydrogens (primary N) is 2. The van der Waals surface area contributed by atoms with Gasteiger partial charge in [0.25, 0.3) is 0 Å². The van der Waals surface area contributed by atoms with Crippen LogP contribution >= 0.6 is 19.4 Å². The van der Waals surface area contributed by atoms with Gasteiger partial charge in [0.2, 0.25) is 5.18 Å². The van der Waals surface area contributed by atoms with Crippen LogP contribution < -0.4 is 11.5 Å². The van der Waals surface area contributed by atoms with Crippen molar-refractivity contribution in [1.29, 1.82) is 0 Å². The molecule has 0 aliphatic heterocycles. The first kappa shape index (κ1) is 11.4. The molecule has 1 atom stereocenters. The molecule has 0 amide bonds. The van der Waals surface area contributed by atoms with Crippen molar-refractivity contribution in [3.8, 4) is 0 Å². The summed E-state index contributed by atoms with van der Waals surface area (Å²) in [6.07, 6.45) is 1.65. The lowest BCUT2D eigenvalue weighted by atomic mass is 11.1. The zero-order valence-electron chi connectivity index (χ0n) is 6.73. The third-order valence-electron chi connectivity index (χ3n) is 0.959. The summed E-state index contributed by atoms with van der Waals surface area (Å²) in [5, 5.41) is -1.44. The highest BCUT2D eigenvalue weighted by Crippen LogP contribution is 2.46. The highest BCUT2D eigenvalue weighted by molar-refractivity contribution is 7.99. The van der Waals surface area contributed by atoms with Crippen LogP contribution in [0.25, 0.3) is 0 Å². The van der Waals surface area contributed by atoms with Crippen molar-refractivity contribution in [2.75, 3.05) is 20.0 Å². The zero-order valence-corrected chi connectivity index (χ0v) is 8.45. The van der Waals surface area contributed by atoms with Crippen molar-refractivity contribution < 1.29 is 13.6 Å². The molecule has 1 unspecified atom stereocenters. The van der Waals surface area contributed by atoms with E-state index in [0.29, 0.717) is 0 Å². The molecular weight excluding hydrogens is 187 g/mol. The molecule has 0 heterocycles. The van der Waals surface area contributed by atoms with E-state index in [1.54, 1.807) is 6.26 Å². The van der Waals surface area contributed by atoms with E-state index in [0.717, 1.165) is 11.8 Å². The smallest absolute Gasteiger partial charge is 0.312 e. The molecule has 0 saturated carbocycles. The summed E-state index contributed by atoms with van der Waals surface area (Å²) < 4.78 is 20.5. The maximum Gasteiger partial charge on any atom is 0.330 e. The number of hydrogen-bond donors (Lipinski definition) is 2. The maximum absolute atomic E-state index is 11.1. The minimum absolute atomic E-state index is 1.05. The van der Waals surface area contributed by atoms with Gasteiger partial charge < -0.3 is 4.52 Å². The molecule has 0 aliphatic carbocycles. The first-order valence-corrected chi connectivity index (χ1v) is 6.01. The van der Waals surface area contributed by atoms with E-state index in [1.165, 1.54) is 13.8 Å². The summed E-state index contributed by atoms with van der Waals surface area (Å²) in [6.45, 7) is 1.30. The highest BCUT2D eigenvalue weighted by atomic mass is 32.2. The Kier molecular flexibility index (Phi) is 4.04. The first-order chi connectivity index (χ1) is 4.83. The van der Waals surface area contributed by atoms with Crippen molar-refractivity contribution in [3.05, 3.63) is 0 Å². The highest BCUT2D eigenvalue weighted by Gasteiger charge is 2.28. The third-order valence-corrected chi connectivity index (χ3v) is 3.10. The van der Waals surface area contributed by atoms with Gasteiger partial charge in [0.05, 0.1) is 0 Å². The van der Waals surface area contributed by atoms with Gasteiger partial charge in [-0.2, -0.15) is 0 Å². The molecule has 0 aliphatic rings. The SMILES string of the molecule is COP(C)(=O)OC(N)(N)SC. The molecule has 68 valence electrons. The van der Waals surface area contributed by atoms with Crippen molar-refractivity contribution in [1.82, 2.24) is 0 Å².